The molecule has 1 aliphatic carbocycles. The van der Waals surface area contributed by atoms with Gasteiger partial charge >= 0.3 is 0 Å². The molecule has 6 heteroatoms. The van der Waals surface area contributed by atoms with Gasteiger partial charge in [0.15, 0.2) is 0 Å². The second kappa shape index (κ2) is 11.5. The molecular weight excluding hydrogens is 438 g/mol. The van der Waals surface area contributed by atoms with E-state index < -0.39 is 0 Å². The van der Waals surface area contributed by atoms with Crippen molar-refractivity contribution in [3.8, 4) is 0 Å². The highest BCUT2D eigenvalue weighted by molar-refractivity contribution is 6.15. The Labute approximate surface area is 210 Å². The van der Waals surface area contributed by atoms with Gasteiger partial charge in [0.1, 0.15) is 0 Å². The van der Waals surface area contributed by atoms with Crippen LogP contribution in [0.15, 0.2) is 34.3 Å². The molecule has 3 aliphatic heterocycles. The topological polar surface area (TPSA) is 62.2 Å². The molecule has 35 heavy (non-hydrogen) atoms. The van der Waals surface area contributed by atoms with E-state index in [1.165, 1.54) is 30.4 Å². The third-order valence-electron chi connectivity index (χ3n) is 8.12. The maximum Gasteiger partial charge on any atom is 0.227 e. The van der Waals surface area contributed by atoms with Crippen LogP contribution in [0.5, 0.6) is 0 Å². The first-order valence-corrected chi connectivity index (χ1v) is 13.3. The lowest BCUT2D eigenvalue weighted by Gasteiger charge is -2.41. The van der Waals surface area contributed by atoms with Crippen LogP contribution < -0.4 is 0 Å². The van der Waals surface area contributed by atoms with Gasteiger partial charge in [-0.3, -0.25) is 14.6 Å². The summed E-state index contributed by atoms with van der Waals surface area (Å²) in [5.74, 6) is 1.25. The zero-order valence-corrected chi connectivity index (χ0v) is 21.9. The highest BCUT2D eigenvalue weighted by atomic mass is 16.5. The van der Waals surface area contributed by atoms with E-state index in [0.29, 0.717) is 25.6 Å². The van der Waals surface area contributed by atoms with Crippen molar-refractivity contribution in [1.29, 1.82) is 0 Å². The molecule has 1 saturated heterocycles. The Balaban J connectivity index is 0.000000356. The minimum Gasteiger partial charge on any atom is -0.381 e. The number of hydrogen-bond acceptors (Lipinski definition) is 4. The van der Waals surface area contributed by atoms with E-state index >= 15 is 0 Å². The van der Waals surface area contributed by atoms with Gasteiger partial charge in [0.2, 0.25) is 11.8 Å². The van der Waals surface area contributed by atoms with Crippen molar-refractivity contribution in [2.24, 2.45) is 10.9 Å². The summed E-state index contributed by atoms with van der Waals surface area (Å²) < 4.78 is 5.14. The first kappa shape index (κ1) is 25.6. The molecule has 3 heterocycles. The molecule has 0 spiro atoms. The fourth-order valence-electron chi connectivity index (χ4n) is 5.41. The van der Waals surface area contributed by atoms with E-state index in [-0.39, 0.29) is 11.8 Å². The van der Waals surface area contributed by atoms with Crippen molar-refractivity contribution in [1.82, 2.24) is 9.80 Å². The molecular formula is C29H41N3O3. The van der Waals surface area contributed by atoms with Gasteiger partial charge in [0.25, 0.3) is 0 Å². The number of benzene rings is 1. The summed E-state index contributed by atoms with van der Waals surface area (Å²) in [5, 5.41) is 0. The molecule has 1 aromatic rings. The van der Waals surface area contributed by atoms with E-state index in [2.05, 4.69) is 41.9 Å². The number of hydrogen-bond donors (Lipinski definition) is 0. The van der Waals surface area contributed by atoms with Gasteiger partial charge in [-0.05, 0) is 68.1 Å². The van der Waals surface area contributed by atoms with E-state index in [1.54, 1.807) is 6.92 Å². The second-order valence-corrected chi connectivity index (χ2v) is 10.5. The molecule has 2 amide bonds. The first-order valence-electron chi connectivity index (χ1n) is 13.3. The van der Waals surface area contributed by atoms with Crippen molar-refractivity contribution in [3.63, 3.8) is 0 Å². The summed E-state index contributed by atoms with van der Waals surface area (Å²) >= 11 is 0. The minimum absolute atomic E-state index is 0.0989. The van der Waals surface area contributed by atoms with Gasteiger partial charge < -0.3 is 14.5 Å². The molecule has 190 valence electrons. The zero-order chi connectivity index (χ0) is 24.9. The highest BCUT2D eigenvalue weighted by Gasteiger charge is 2.34. The van der Waals surface area contributed by atoms with Crippen molar-refractivity contribution in [3.05, 3.63) is 46.0 Å². The number of carbonyl (C=O) groups is 2. The number of rotatable bonds is 3. The van der Waals surface area contributed by atoms with Crippen LogP contribution >= 0.6 is 0 Å². The first-order chi connectivity index (χ1) is 16.9. The molecule has 0 unspecified atom stereocenters. The van der Waals surface area contributed by atoms with E-state index in [0.717, 1.165) is 67.4 Å². The van der Waals surface area contributed by atoms with Gasteiger partial charge in [-0.1, -0.05) is 30.7 Å². The standard InChI is InChI=1S/C23H29N3O2.C6H12O/c1-15-10-11-25(16(2)27)14-21(15)23(24-3)19-9-4-6-17-13-26(18-7-5-8-18)22(28)12-20(17)19;1-6-2-4-7-5-3-6/h4,6,9,18H,5,7-8,10-14H2,1-3H3;6H,2-5H2,1H3. The van der Waals surface area contributed by atoms with Crippen LogP contribution in [0.1, 0.15) is 76.0 Å². The molecule has 0 aromatic heterocycles. The van der Waals surface area contributed by atoms with Gasteiger partial charge in [0, 0.05) is 58.4 Å². The van der Waals surface area contributed by atoms with Crippen LogP contribution in [0.25, 0.3) is 0 Å². The predicted molar refractivity (Wildman–Crippen MR) is 140 cm³/mol. The van der Waals surface area contributed by atoms with Crippen LogP contribution in [-0.4, -0.2) is 66.7 Å². The number of fused-ring (bicyclic) bond motifs is 1. The normalized spacial score (nSPS) is 21.8. The number of nitrogens with zero attached hydrogens (tertiary/aromatic N) is 3. The molecule has 1 saturated carbocycles. The largest absolute Gasteiger partial charge is 0.381 e. The molecule has 0 bridgehead atoms. The summed E-state index contributed by atoms with van der Waals surface area (Å²) in [6.07, 6.45) is 7.35. The van der Waals surface area contributed by atoms with Crippen LogP contribution in [0.2, 0.25) is 0 Å². The Morgan fingerprint density at radius 1 is 1.11 bits per heavy atom. The van der Waals surface area contributed by atoms with Gasteiger partial charge in [-0.15, -0.1) is 0 Å². The highest BCUT2D eigenvalue weighted by Crippen LogP contribution is 2.33. The molecule has 1 aromatic carbocycles. The lowest BCUT2D eigenvalue weighted by Crippen LogP contribution is -2.47. The maximum atomic E-state index is 12.9. The Morgan fingerprint density at radius 3 is 2.43 bits per heavy atom. The third-order valence-corrected chi connectivity index (χ3v) is 8.12. The number of aliphatic imine (C=N–C) groups is 1. The summed E-state index contributed by atoms with van der Waals surface area (Å²) in [7, 11) is 1.81. The lowest BCUT2D eigenvalue weighted by molar-refractivity contribution is -0.136. The lowest BCUT2D eigenvalue weighted by atomic mass is 9.84. The SMILES string of the molecule is CC1CCOCC1.CN=C(C1=C(C)CCN(C(C)=O)C1)c1cccc2c1CC(=O)N(C1CCC1)C2. The average Bonchev–Trinajstić information content (AvgIpc) is 2.81. The van der Waals surface area contributed by atoms with Gasteiger partial charge in [-0.2, -0.15) is 0 Å². The maximum absolute atomic E-state index is 12.9. The van der Waals surface area contributed by atoms with E-state index in [1.807, 2.05) is 11.9 Å². The quantitative estimate of drug-likeness (QED) is 0.598. The molecule has 5 rings (SSSR count). The Hall–Kier alpha value is -2.47. The Morgan fingerprint density at radius 2 is 1.86 bits per heavy atom. The predicted octanol–water partition coefficient (Wildman–Crippen LogP) is 4.54. The van der Waals surface area contributed by atoms with Crippen molar-refractivity contribution < 1.29 is 14.3 Å². The third kappa shape index (κ3) is 5.85. The minimum atomic E-state index is 0.0989. The molecule has 2 fully saturated rings. The van der Waals surface area contributed by atoms with Crippen LogP contribution in [-0.2, 0) is 27.3 Å². The smallest absolute Gasteiger partial charge is 0.227 e. The Kier molecular flexibility index (Phi) is 8.42. The number of amides is 2. The van der Waals surface area contributed by atoms with Crippen LogP contribution in [0, 0.1) is 5.92 Å². The molecule has 4 aliphatic rings. The molecule has 0 radical (unpaired) electrons. The zero-order valence-electron chi connectivity index (χ0n) is 21.9. The Bertz CT molecular complexity index is 1000. The summed E-state index contributed by atoms with van der Waals surface area (Å²) in [6.45, 7) is 10.1. The van der Waals surface area contributed by atoms with Crippen molar-refractivity contribution >= 4 is 17.5 Å². The van der Waals surface area contributed by atoms with Crippen LogP contribution in [0.4, 0.5) is 0 Å². The van der Waals surface area contributed by atoms with Gasteiger partial charge in [-0.25, -0.2) is 0 Å². The summed E-state index contributed by atoms with van der Waals surface area (Å²) in [6, 6.07) is 6.74. The van der Waals surface area contributed by atoms with Crippen LogP contribution in [0.3, 0.4) is 0 Å². The van der Waals surface area contributed by atoms with E-state index in [9.17, 15) is 9.59 Å². The van der Waals surface area contributed by atoms with Gasteiger partial charge in [0.05, 0.1) is 12.1 Å². The second-order valence-electron chi connectivity index (χ2n) is 10.5. The number of carbonyl (C=O) groups excluding carboxylic acids is 2. The van der Waals surface area contributed by atoms with Crippen molar-refractivity contribution in [2.45, 2.75) is 78.3 Å². The van der Waals surface area contributed by atoms with E-state index in [4.69, 9.17) is 4.74 Å². The monoisotopic (exact) mass is 479 g/mol. The van der Waals surface area contributed by atoms with Crippen molar-refractivity contribution in [2.75, 3.05) is 33.4 Å². The molecule has 0 atom stereocenters. The number of ether oxygens (including phenoxy) is 1. The fraction of sp³-hybridized carbons (Fsp3) is 0.621. The molecule has 0 N–H and O–H groups in total. The average molecular weight is 480 g/mol. The summed E-state index contributed by atoms with van der Waals surface area (Å²) in [5.41, 5.74) is 6.76. The summed E-state index contributed by atoms with van der Waals surface area (Å²) in [4.78, 5) is 33.4. The fourth-order valence-corrected chi connectivity index (χ4v) is 5.41. The molecule has 6 nitrogen and oxygen atoms in total.